The minimum atomic E-state index is -0.0922. The number of hydrogen-bond donors (Lipinski definition) is 2. The number of nitrogens with one attached hydrogen (secondary N) is 2. The van der Waals surface area contributed by atoms with Crippen LogP contribution in [-0.2, 0) is 4.79 Å². The molecule has 27 heavy (non-hydrogen) atoms. The van der Waals surface area contributed by atoms with Crippen molar-refractivity contribution in [3.05, 3.63) is 36.3 Å². The van der Waals surface area contributed by atoms with Gasteiger partial charge in [0.25, 0.3) is 5.91 Å². The third kappa shape index (κ3) is 4.53. The van der Waals surface area contributed by atoms with Crippen LogP contribution in [0, 0.1) is 5.92 Å². The summed E-state index contributed by atoms with van der Waals surface area (Å²) >= 11 is 0. The van der Waals surface area contributed by atoms with Gasteiger partial charge in [0, 0.05) is 43.0 Å². The highest BCUT2D eigenvalue weighted by atomic mass is 16.2. The molecule has 0 atom stereocenters. The number of pyridine rings is 1. The first-order valence-corrected chi connectivity index (χ1v) is 9.67. The molecule has 7 heteroatoms. The van der Waals surface area contributed by atoms with E-state index in [9.17, 15) is 9.59 Å². The quantitative estimate of drug-likeness (QED) is 0.819. The van der Waals surface area contributed by atoms with Crippen LogP contribution >= 0.6 is 0 Å². The third-order valence-corrected chi connectivity index (χ3v) is 5.27. The minimum absolute atomic E-state index is 0.0128. The Balaban J connectivity index is 1.56. The SMILES string of the molecule is CCC(CC)NC(=O)C1CCN(C(=O)c2cc(-c3ccncc3)[nH]n2)CC1. The normalized spacial score (nSPS) is 15.1. The van der Waals surface area contributed by atoms with Gasteiger partial charge in [0.15, 0.2) is 5.69 Å². The Hall–Kier alpha value is -2.70. The van der Waals surface area contributed by atoms with E-state index in [0.29, 0.717) is 31.6 Å². The van der Waals surface area contributed by atoms with Crippen molar-refractivity contribution < 1.29 is 9.59 Å². The van der Waals surface area contributed by atoms with Crippen molar-refractivity contribution in [3.63, 3.8) is 0 Å². The molecule has 2 aromatic rings. The first kappa shape index (κ1) is 19.1. The van der Waals surface area contributed by atoms with Crippen molar-refractivity contribution in [2.75, 3.05) is 13.1 Å². The molecule has 1 fully saturated rings. The topological polar surface area (TPSA) is 91.0 Å². The number of nitrogens with zero attached hydrogens (tertiary/aromatic N) is 3. The number of hydrogen-bond acceptors (Lipinski definition) is 4. The molecule has 2 amide bonds. The molecule has 0 unspecified atom stereocenters. The monoisotopic (exact) mass is 369 g/mol. The summed E-state index contributed by atoms with van der Waals surface area (Å²) in [5.74, 6) is 0.0159. The number of aromatic nitrogens is 3. The Kier molecular flexibility index (Phi) is 6.21. The Morgan fingerprint density at radius 1 is 1.22 bits per heavy atom. The van der Waals surface area contributed by atoms with Crippen LogP contribution in [0.5, 0.6) is 0 Å². The van der Waals surface area contributed by atoms with E-state index >= 15 is 0 Å². The number of likely N-dealkylation sites (tertiary alicyclic amines) is 1. The lowest BCUT2D eigenvalue weighted by atomic mass is 9.95. The summed E-state index contributed by atoms with van der Waals surface area (Å²) in [4.78, 5) is 30.9. The summed E-state index contributed by atoms with van der Waals surface area (Å²) in [6.45, 7) is 5.33. The van der Waals surface area contributed by atoms with E-state index in [1.807, 2.05) is 12.1 Å². The summed E-state index contributed by atoms with van der Waals surface area (Å²) in [7, 11) is 0. The van der Waals surface area contributed by atoms with Gasteiger partial charge in [-0.25, -0.2) is 0 Å². The Morgan fingerprint density at radius 3 is 2.52 bits per heavy atom. The predicted molar refractivity (Wildman–Crippen MR) is 103 cm³/mol. The van der Waals surface area contributed by atoms with Crippen LogP contribution in [0.15, 0.2) is 30.6 Å². The van der Waals surface area contributed by atoms with Crippen LogP contribution in [0.4, 0.5) is 0 Å². The zero-order valence-corrected chi connectivity index (χ0v) is 15.9. The molecule has 144 valence electrons. The van der Waals surface area contributed by atoms with E-state index in [4.69, 9.17) is 0 Å². The first-order valence-electron chi connectivity index (χ1n) is 9.67. The Morgan fingerprint density at radius 2 is 1.89 bits per heavy atom. The van der Waals surface area contributed by atoms with Gasteiger partial charge < -0.3 is 10.2 Å². The average Bonchev–Trinajstić information content (AvgIpc) is 3.22. The number of piperidine rings is 1. The summed E-state index contributed by atoms with van der Waals surface area (Å²) < 4.78 is 0. The molecule has 0 aromatic carbocycles. The number of aromatic amines is 1. The van der Waals surface area contributed by atoms with E-state index in [1.54, 1.807) is 23.4 Å². The molecule has 1 aliphatic rings. The zero-order valence-electron chi connectivity index (χ0n) is 15.9. The second-order valence-electron chi connectivity index (χ2n) is 6.99. The summed E-state index contributed by atoms with van der Waals surface area (Å²) in [5, 5.41) is 10.2. The molecule has 3 heterocycles. The number of H-pyrrole nitrogens is 1. The van der Waals surface area contributed by atoms with Gasteiger partial charge in [-0.15, -0.1) is 0 Å². The zero-order chi connectivity index (χ0) is 19.2. The molecule has 0 spiro atoms. The molecule has 0 aliphatic carbocycles. The van der Waals surface area contributed by atoms with Crippen molar-refractivity contribution in [1.29, 1.82) is 0 Å². The predicted octanol–water partition coefficient (Wildman–Crippen LogP) is 2.63. The maximum absolute atomic E-state index is 12.7. The number of amides is 2. The molecule has 2 aromatic heterocycles. The molecule has 0 saturated carbocycles. The highest BCUT2D eigenvalue weighted by Crippen LogP contribution is 2.21. The van der Waals surface area contributed by atoms with Crippen molar-refractivity contribution in [1.82, 2.24) is 25.4 Å². The van der Waals surface area contributed by atoms with Gasteiger partial charge in [-0.05, 0) is 43.9 Å². The molecule has 2 N–H and O–H groups in total. The molecule has 1 saturated heterocycles. The number of carbonyl (C=O) groups excluding carboxylic acids is 2. The van der Waals surface area contributed by atoms with E-state index in [1.165, 1.54) is 0 Å². The van der Waals surface area contributed by atoms with Crippen LogP contribution in [-0.4, -0.2) is 51.0 Å². The fourth-order valence-corrected chi connectivity index (χ4v) is 3.43. The third-order valence-electron chi connectivity index (χ3n) is 5.27. The molecule has 1 aliphatic heterocycles. The maximum atomic E-state index is 12.7. The van der Waals surface area contributed by atoms with Crippen LogP contribution in [0.3, 0.4) is 0 Å². The van der Waals surface area contributed by atoms with Crippen LogP contribution in [0.2, 0.25) is 0 Å². The maximum Gasteiger partial charge on any atom is 0.274 e. The van der Waals surface area contributed by atoms with Gasteiger partial charge in [-0.1, -0.05) is 13.8 Å². The summed E-state index contributed by atoms with van der Waals surface area (Å²) in [5.41, 5.74) is 2.13. The molecule has 7 nitrogen and oxygen atoms in total. The fourth-order valence-electron chi connectivity index (χ4n) is 3.43. The van der Waals surface area contributed by atoms with Crippen molar-refractivity contribution in [3.8, 4) is 11.3 Å². The van der Waals surface area contributed by atoms with E-state index in [-0.39, 0.29) is 23.8 Å². The van der Waals surface area contributed by atoms with Gasteiger partial charge in [-0.3, -0.25) is 19.7 Å². The van der Waals surface area contributed by atoms with Crippen molar-refractivity contribution in [2.45, 2.75) is 45.6 Å². The van der Waals surface area contributed by atoms with Crippen molar-refractivity contribution >= 4 is 11.8 Å². The average molecular weight is 369 g/mol. The first-order chi connectivity index (χ1) is 13.1. The van der Waals surface area contributed by atoms with Crippen LogP contribution in [0.1, 0.15) is 50.0 Å². The standard InChI is InChI=1S/C20H27N5O2/c1-3-16(4-2)22-19(26)15-7-11-25(12-8-15)20(27)18-13-17(23-24-18)14-5-9-21-10-6-14/h5-6,9-10,13,15-16H,3-4,7-8,11-12H2,1-2H3,(H,22,26)(H,23,24). The van der Waals surface area contributed by atoms with Crippen LogP contribution < -0.4 is 5.32 Å². The lowest BCUT2D eigenvalue weighted by molar-refractivity contribution is -0.127. The molecule has 3 rings (SSSR count). The van der Waals surface area contributed by atoms with Gasteiger partial charge in [0.1, 0.15) is 0 Å². The van der Waals surface area contributed by atoms with Gasteiger partial charge in [0.2, 0.25) is 5.91 Å². The van der Waals surface area contributed by atoms with Crippen LogP contribution in [0.25, 0.3) is 11.3 Å². The molecule has 0 radical (unpaired) electrons. The largest absolute Gasteiger partial charge is 0.353 e. The molecular formula is C20H27N5O2. The fraction of sp³-hybridized carbons (Fsp3) is 0.500. The number of rotatable bonds is 6. The van der Waals surface area contributed by atoms with Gasteiger partial charge in [-0.2, -0.15) is 5.10 Å². The Bertz CT molecular complexity index is 762. The number of carbonyl (C=O) groups is 2. The smallest absolute Gasteiger partial charge is 0.274 e. The summed E-state index contributed by atoms with van der Waals surface area (Å²) in [6, 6.07) is 5.74. The molecular weight excluding hydrogens is 342 g/mol. The minimum Gasteiger partial charge on any atom is -0.353 e. The van der Waals surface area contributed by atoms with E-state index in [0.717, 1.165) is 24.1 Å². The van der Waals surface area contributed by atoms with E-state index < -0.39 is 0 Å². The highest BCUT2D eigenvalue weighted by Gasteiger charge is 2.29. The summed E-state index contributed by atoms with van der Waals surface area (Å²) in [6.07, 6.45) is 6.68. The lowest BCUT2D eigenvalue weighted by Crippen LogP contribution is -2.45. The van der Waals surface area contributed by atoms with Gasteiger partial charge in [0.05, 0.1) is 5.69 Å². The highest BCUT2D eigenvalue weighted by molar-refractivity contribution is 5.93. The molecule has 0 bridgehead atoms. The second kappa shape index (κ2) is 8.79. The lowest BCUT2D eigenvalue weighted by Gasteiger charge is -2.31. The Labute approximate surface area is 159 Å². The second-order valence-corrected chi connectivity index (χ2v) is 6.99. The van der Waals surface area contributed by atoms with Crippen molar-refractivity contribution in [2.24, 2.45) is 5.92 Å². The van der Waals surface area contributed by atoms with Gasteiger partial charge >= 0.3 is 0 Å². The van der Waals surface area contributed by atoms with E-state index in [2.05, 4.69) is 34.3 Å².